The minimum Gasteiger partial charge on any atom is -0.369 e. The maximum Gasteiger partial charge on any atom is 0.234 e. The van der Waals surface area contributed by atoms with Gasteiger partial charge in [0.1, 0.15) is 5.82 Å². The van der Waals surface area contributed by atoms with Crippen molar-refractivity contribution in [2.45, 2.75) is 32.4 Å². The maximum atomic E-state index is 11.6. The Morgan fingerprint density at radius 2 is 2.21 bits per heavy atom. The van der Waals surface area contributed by atoms with E-state index in [0.29, 0.717) is 19.1 Å². The minimum atomic E-state index is 0.0854. The lowest BCUT2D eigenvalue weighted by Gasteiger charge is -2.15. The fourth-order valence-electron chi connectivity index (χ4n) is 1.79. The number of likely N-dealkylation sites (N-methyl/N-ethyl adjacent to an activating group) is 1. The van der Waals surface area contributed by atoms with Gasteiger partial charge in [-0.15, -0.1) is 0 Å². The molecule has 0 aliphatic heterocycles. The quantitative estimate of drug-likeness (QED) is 0.754. The normalized spacial score (nSPS) is 14.5. The Morgan fingerprint density at radius 3 is 2.79 bits per heavy atom. The number of anilines is 1. The van der Waals surface area contributed by atoms with E-state index in [1.165, 1.54) is 0 Å². The SMILES string of the molecule is CCNc1cnc(CN(C)CC(=O)NC2CC2)cn1. The molecule has 19 heavy (non-hydrogen) atoms. The van der Waals surface area contributed by atoms with Crippen molar-refractivity contribution >= 4 is 11.7 Å². The zero-order valence-corrected chi connectivity index (χ0v) is 11.5. The van der Waals surface area contributed by atoms with Gasteiger partial charge >= 0.3 is 0 Å². The summed E-state index contributed by atoms with van der Waals surface area (Å²) in [7, 11) is 1.91. The highest BCUT2D eigenvalue weighted by atomic mass is 16.2. The molecule has 1 aliphatic rings. The monoisotopic (exact) mass is 263 g/mol. The summed E-state index contributed by atoms with van der Waals surface area (Å²) >= 11 is 0. The first-order valence-electron chi connectivity index (χ1n) is 6.70. The third-order valence-corrected chi connectivity index (χ3v) is 2.85. The molecule has 0 unspecified atom stereocenters. The zero-order chi connectivity index (χ0) is 13.7. The average Bonchev–Trinajstić information content (AvgIpc) is 3.15. The van der Waals surface area contributed by atoms with Crippen LogP contribution in [0.4, 0.5) is 5.82 Å². The van der Waals surface area contributed by atoms with E-state index >= 15 is 0 Å². The van der Waals surface area contributed by atoms with Gasteiger partial charge in [-0.05, 0) is 26.8 Å². The fourth-order valence-corrected chi connectivity index (χ4v) is 1.79. The predicted octanol–water partition coefficient (Wildman–Crippen LogP) is 0.619. The largest absolute Gasteiger partial charge is 0.369 e. The van der Waals surface area contributed by atoms with Crippen LogP contribution in [0.3, 0.4) is 0 Å². The van der Waals surface area contributed by atoms with Crippen molar-refractivity contribution in [3.63, 3.8) is 0 Å². The van der Waals surface area contributed by atoms with Gasteiger partial charge in [0.05, 0.1) is 24.6 Å². The van der Waals surface area contributed by atoms with Crippen LogP contribution in [0, 0.1) is 0 Å². The zero-order valence-electron chi connectivity index (χ0n) is 11.5. The summed E-state index contributed by atoms with van der Waals surface area (Å²) < 4.78 is 0. The number of aromatic nitrogens is 2. The number of rotatable bonds is 7. The second-order valence-corrected chi connectivity index (χ2v) is 4.94. The average molecular weight is 263 g/mol. The summed E-state index contributed by atoms with van der Waals surface area (Å²) in [5, 5.41) is 6.07. The van der Waals surface area contributed by atoms with Gasteiger partial charge in [-0.25, -0.2) is 4.98 Å². The van der Waals surface area contributed by atoms with E-state index in [2.05, 4.69) is 20.6 Å². The molecule has 104 valence electrons. The fraction of sp³-hybridized carbons (Fsp3) is 0.615. The number of amides is 1. The molecule has 0 saturated heterocycles. The molecule has 6 nitrogen and oxygen atoms in total. The number of hydrogen-bond acceptors (Lipinski definition) is 5. The summed E-state index contributed by atoms with van der Waals surface area (Å²) in [5.41, 5.74) is 0.864. The highest BCUT2D eigenvalue weighted by molar-refractivity contribution is 5.78. The second-order valence-electron chi connectivity index (χ2n) is 4.94. The van der Waals surface area contributed by atoms with Gasteiger partial charge < -0.3 is 10.6 Å². The van der Waals surface area contributed by atoms with Crippen molar-refractivity contribution in [2.24, 2.45) is 0 Å². The highest BCUT2D eigenvalue weighted by Gasteiger charge is 2.23. The van der Waals surface area contributed by atoms with Crippen molar-refractivity contribution in [3.8, 4) is 0 Å². The topological polar surface area (TPSA) is 70.2 Å². The maximum absolute atomic E-state index is 11.6. The standard InChI is InChI=1S/C13H21N5O/c1-3-14-12-7-15-11(6-16-12)8-18(2)9-13(19)17-10-4-5-10/h6-7,10H,3-5,8-9H2,1-2H3,(H,14,16)(H,17,19). The molecule has 0 radical (unpaired) electrons. The number of nitrogens with zero attached hydrogens (tertiary/aromatic N) is 3. The van der Waals surface area contributed by atoms with Crippen molar-refractivity contribution in [1.29, 1.82) is 0 Å². The summed E-state index contributed by atoms with van der Waals surface area (Å²) in [6.45, 7) is 3.86. The summed E-state index contributed by atoms with van der Waals surface area (Å²) in [6, 6.07) is 0.417. The Morgan fingerprint density at radius 1 is 1.42 bits per heavy atom. The number of hydrogen-bond donors (Lipinski definition) is 2. The third-order valence-electron chi connectivity index (χ3n) is 2.85. The highest BCUT2D eigenvalue weighted by Crippen LogP contribution is 2.18. The molecule has 6 heteroatoms. The van der Waals surface area contributed by atoms with Crippen LogP contribution in [0.5, 0.6) is 0 Å². The number of nitrogens with one attached hydrogen (secondary N) is 2. The molecule has 0 bridgehead atoms. The Kier molecular flexibility index (Phi) is 4.68. The van der Waals surface area contributed by atoms with Gasteiger partial charge in [-0.2, -0.15) is 0 Å². The Hall–Kier alpha value is -1.69. The molecule has 1 aromatic heterocycles. The lowest BCUT2D eigenvalue weighted by molar-refractivity contribution is -0.122. The molecule has 0 aromatic carbocycles. The van der Waals surface area contributed by atoms with Crippen LogP contribution in [0.2, 0.25) is 0 Å². The lowest BCUT2D eigenvalue weighted by atomic mass is 10.4. The van der Waals surface area contributed by atoms with Crippen LogP contribution in [-0.4, -0.2) is 47.0 Å². The van der Waals surface area contributed by atoms with Crippen molar-refractivity contribution < 1.29 is 4.79 Å². The van der Waals surface area contributed by atoms with Crippen LogP contribution in [-0.2, 0) is 11.3 Å². The van der Waals surface area contributed by atoms with Crippen LogP contribution in [0.15, 0.2) is 12.4 Å². The van der Waals surface area contributed by atoms with E-state index in [0.717, 1.165) is 30.9 Å². The van der Waals surface area contributed by atoms with Crippen LogP contribution < -0.4 is 10.6 Å². The van der Waals surface area contributed by atoms with E-state index in [1.807, 2.05) is 18.9 Å². The summed E-state index contributed by atoms with van der Waals surface area (Å²) in [4.78, 5) is 22.2. The Balaban J connectivity index is 1.76. The van der Waals surface area contributed by atoms with Gasteiger partial charge in [0, 0.05) is 19.1 Å². The van der Waals surface area contributed by atoms with E-state index in [9.17, 15) is 4.79 Å². The first-order chi connectivity index (χ1) is 9.17. The first-order valence-corrected chi connectivity index (χ1v) is 6.70. The molecule has 0 spiro atoms. The van der Waals surface area contributed by atoms with E-state index < -0.39 is 0 Å². The number of carbonyl (C=O) groups is 1. The van der Waals surface area contributed by atoms with Crippen molar-refractivity contribution in [3.05, 3.63) is 18.1 Å². The molecule has 1 fully saturated rings. The molecule has 1 amide bonds. The number of carbonyl (C=O) groups excluding carboxylic acids is 1. The molecular weight excluding hydrogens is 242 g/mol. The smallest absolute Gasteiger partial charge is 0.234 e. The predicted molar refractivity (Wildman–Crippen MR) is 73.7 cm³/mol. The van der Waals surface area contributed by atoms with Crippen molar-refractivity contribution in [2.75, 3.05) is 25.5 Å². The molecule has 2 rings (SSSR count). The Labute approximate surface area is 113 Å². The molecule has 1 heterocycles. The minimum absolute atomic E-state index is 0.0854. The summed E-state index contributed by atoms with van der Waals surface area (Å²) in [6.07, 6.45) is 5.70. The molecule has 1 aromatic rings. The van der Waals surface area contributed by atoms with E-state index in [4.69, 9.17) is 0 Å². The Bertz CT molecular complexity index is 416. The molecule has 1 aliphatic carbocycles. The van der Waals surface area contributed by atoms with Crippen molar-refractivity contribution in [1.82, 2.24) is 20.2 Å². The molecule has 2 N–H and O–H groups in total. The van der Waals surface area contributed by atoms with Crippen LogP contribution in [0.25, 0.3) is 0 Å². The summed E-state index contributed by atoms with van der Waals surface area (Å²) in [5.74, 6) is 0.864. The van der Waals surface area contributed by atoms with E-state index in [1.54, 1.807) is 12.4 Å². The van der Waals surface area contributed by atoms with E-state index in [-0.39, 0.29) is 5.91 Å². The van der Waals surface area contributed by atoms with Crippen LogP contribution >= 0.6 is 0 Å². The van der Waals surface area contributed by atoms with Gasteiger partial charge in [0.25, 0.3) is 0 Å². The molecule has 0 atom stereocenters. The first kappa shape index (κ1) is 13.7. The van der Waals surface area contributed by atoms with Gasteiger partial charge in [0.15, 0.2) is 0 Å². The lowest BCUT2D eigenvalue weighted by Crippen LogP contribution is -2.36. The second kappa shape index (κ2) is 6.47. The molecule has 1 saturated carbocycles. The van der Waals surface area contributed by atoms with Gasteiger partial charge in [-0.1, -0.05) is 0 Å². The molecular formula is C13H21N5O. The van der Waals surface area contributed by atoms with Gasteiger partial charge in [-0.3, -0.25) is 14.7 Å². The van der Waals surface area contributed by atoms with Crippen LogP contribution in [0.1, 0.15) is 25.5 Å². The third kappa shape index (κ3) is 4.82. The van der Waals surface area contributed by atoms with Gasteiger partial charge in [0.2, 0.25) is 5.91 Å².